The van der Waals surface area contributed by atoms with Crippen LogP contribution in [0.3, 0.4) is 0 Å². The van der Waals surface area contributed by atoms with Crippen molar-refractivity contribution >= 4 is 71.1 Å². The molecule has 0 fully saturated rings. The Morgan fingerprint density at radius 3 is 1.38 bits per heavy atom. The number of carbonyl (C=O) groups excluding carboxylic acids is 9. The van der Waals surface area contributed by atoms with Crippen LogP contribution in [-0.2, 0) is 54.4 Å². The van der Waals surface area contributed by atoms with Crippen LogP contribution in [0.25, 0.3) is 0 Å². The number of carboxylic acids is 1. The molecular formula is C43H72N16O13. The fourth-order valence-electron chi connectivity index (χ4n) is 6.52. The smallest absolute Gasteiger partial charge is 0.326 e. The summed E-state index contributed by atoms with van der Waals surface area (Å²) >= 11 is 0. The normalized spacial score (nSPS) is 14.2. The van der Waals surface area contributed by atoms with Gasteiger partial charge in [-0.2, -0.15) is 0 Å². The van der Waals surface area contributed by atoms with Crippen molar-refractivity contribution in [2.24, 2.45) is 56.2 Å². The molecule has 0 bridgehead atoms. The number of carbonyl (C=O) groups is 10. The lowest BCUT2D eigenvalue weighted by atomic mass is 9.99. The molecule has 1 aromatic carbocycles. The number of phenolic OH excluding ortho intramolecular Hbond substituents is 1. The molecule has 402 valence electrons. The second kappa shape index (κ2) is 31.4. The Morgan fingerprint density at radius 1 is 0.542 bits per heavy atom. The Labute approximate surface area is 415 Å². The Kier molecular flexibility index (Phi) is 27.1. The second-order valence-corrected chi connectivity index (χ2v) is 17.2. The van der Waals surface area contributed by atoms with E-state index in [1.165, 1.54) is 45.0 Å². The van der Waals surface area contributed by atoms with Gasteiger partial charge in [-0.25, -0.2) is 4.79 Å². The lowest BCUT2D eigenvalue weighted by Crippen LogP contribution is -2.62. The highest BCUT2D eigenvalue weighted by atomic mass is 16.4. The van der Waals surface area contributed by atoms with Crippen molar-refractivity contribution in [3.05, 3.63) is 29.8 Å². The molecule has 1 rings (SSSR count). The predicted molar refractivity (Wildman–Crippen MR) is 260 cm³/mol. The number of hydrogen-bond acceptors (Lipinski definition) is 15. The highest BCUT2D eigenvalue weighted by Gasteiger charge is 2.36. The summed E-state index contributed by atoms with van der Waals surface area (Å²) in [6.07, 6.45) is -0.721. The number of nitrogens with one attached hydrogen (secondary N) is 8. The van der Waals surface area contributed by atoms with Crippen LogP contribution < -0.4 is 76.9 Å². The second-order valence-electron chi connectivity index (χ2n) is 17.2. The van der Waals surface area contributed by atoms with Gasteiger partial charge >= 0.3 is 5.97 Å². The molecule has 8 atom stereocenters. The van der Waals surface area contributed by atoms with Gasteiger partial charge in [-0.05, 0) is 62.1 Å². The topological polar surface area (TPSA) is 508 Å². The molecule has 9 amide bonds. The van der Waals surface area contributed by atoms with Gasteiger partial charge in [-0.1, -0.05) is 39.8 Å². The molecule has 0 heterocycles. The number of primary amides is 1. The van der Waals surface area contributed by atoms with Gasteiger partial charge < -0.3 is 92.3 Å². The summed E-state index contributed by atoms with van der Waals surface area (Å²) in [6, 6.07) is -6.23. The van der Waals surface area contributed by atoms with Crippen LogP contribution in [0.5, 0.6) is 5.75 Å². The molecule has 0 radical (unpaired) electrons. The maximum Gasteiger partial charge on any atom is 0.326 e. The van der Waals surface area contributed by atoms with E-state index in [1.54, 1.807) is 13.8 Å². The average Bonchev–Trinajstić information content (AvgIpc) is 3.29. The highest BCUT2D eigenvalue weighted by molar-refractivity contribution is 5.99. The molecule has 0 saturated heterocycles. The predicted octanol–water partition coefficient (Wildman–Crippen LogP) is -6.84. The van der Waals surface area contributed by atoms with Gasteiger partial charge in [0, 0.05) is 19.5 Å². The standard InChI is InChI=1S/C43H72N16O13/c1-20(2)32(58-35(65)25(53-31(63)18-44)8-6-14-50-42(46)47)39(69)54-26(9-7-15-51-43(48)49)36(66)59-33(21(3)4)40(70)55-27(17-30(45)62)37(67)57-29(19-60)38(68)52-22(5)34(64)56-28(41(71)72)16-23-10-12-24(61)13-11-23/h10-13,20-22,25-29,32-33,60-61H,6-9,14-19,44H2,1-5H3,(H2,45,62)(H,52,68)(H,53,63)(H,54,69)(H,55,70)(H,56,64)(H,57,67)(H,58,65)(H,59,66)(H,71,72)(H4,46,47,50)(H4,48,49,51)/t22-,25-,26-,27+,28-,29-,32-,33-/m0/s1. The molecule has 1 aromatic rings. The van der Waals surface area contributed by atoms with Crippen molar-refractivity contribution < 1.29 is 63.3 Å². The molecule has 0 aromatic heterocycles. The first-order chi connectivity index (χ1) is 33.7. The van der Waals surface area contributed by atoms with Gasteiger partial charge in [0.2, 0.25) is 53.2 Å². The molecule has 29 nitrogen and oxygen atoms in total. The van der Waals surface area contributed by atoms with E-state index in [9.17, 15) is 63.3 Å². The molecule has 0 saturated carbocycles. The first kappa shape index (κ1) is 62.2. The zero-order chi connectivity index (χ0) is 54.8. The van der Waals surface area contributed by atoms with E-state index in [0.29, 0.717) is 5.56 Å². The van der Waals surface area contributed by atoms with Crippen LogP contribution in [0.4, 0.5) is 0 Å². The third kappa shape index (κ3) is 23.2. The summed E-state index contributed by atoms with van der Waals surface area (Å²) in [5.74, 6) is -11.8. The minimum atomic E-state index is -1.80. The number of nitrogens with zero attached hydrogens (tertiary/aromatic N) is 2. The Balaban J connectivity index is 3.28. The number of phenols is 1. The lowest BCUT2D eigenvalue weighted by Gasteiger charge is -2.29. The van der Waals surface area contributed by atoms with Gasteiger partial charge in [-0.15, -0.1) is 0 Å². The van der Waals surface area contributed by atoms with Crippen molar-refractivity contribution in [3.63, 3.8) is 0 Å². The molecule has 29 heteroatoms. The van der Waals surface area contributed by atoms with Gasteiger partial charge in [0.15, 0.2) is 11.9 Å². The number of rotatable bonds is 32. The van der Waals surface area contributed by atoms with Crippen molar-refractivity contribution in [2.75, 3.05) is 26.2 Å². The maximum atomic E-state index is 14.0. The number of aliphatic carboxylic acids is 1. The summed E-state index contributed by atoms with van der Waals surface area (Å²) in [4.78, 5) is 139. The molecule has 0 unspecified atom stereocenters. The first-order valence-electron chi connectivity index (χ1n) is 22.8. The van der Waals surface area contributed by atoms with Crippen LogP contribution in [0.15, 0.2) is 34.3 Å². The van der Waals surface area contributed by atoms with E-state index in [2.05, 4.69) is 52.5 Å². The van der Waals surface area contributed by atoms with Gasteiger partial charge in [0.1, 0.15) is 54.1 Å². The number of aliphatic hydroxyl groups is 1. The zero-order valence-electron chi connectivity index (χ0n) is 40.9. The van der Waals surface area contributed by atoms with Gasteiger partial charge in [0.25, 0.3) is 0 Å². The molecule has 23 N–H and O–H groups in total. The third-order valence-corrected chi connectivity index (χ3v) is 10.5. The summed E-state index contributed by atoms with van der Waals surface area (Å²) in [7, 11) is 0. The molecule has 72 heavy (non-hydrogen) atoms. The van der Waals surface area contributed by atoms with Crippen molar-refractivity contribution in [1.29, 1.82) is 0 Å². The lowest BCUT2D eigenvalue weighted by molar-refractivity contribution is -0.142. The average molecular weight is 1020 g/mol. The quantitative estimate of drug-likeness (QED) is 0.0181. The van der Waals surface area contributed by atoms with Crippen LogP contribution in [0, 0.1) is 11.8 Å². The summed E-state index contributed by atoms with van der Waals surface area (Å²) in [5, 5.41) is 48.5. The fraction of sp³-hybridized carbons (Fsp3) is 0.581. The number of benzene rings is 1. The van der Waals surface area contributed by atoms with Crippen LogP contribution in [0.1, 0.15) is 72.3 Å². The molecule has 0 aliphatic heterocycles. The van der Waals surface area contributed by atoms with E-state index in [4.69, 9.17) is 34.4 Å². The van der Waals surface area contributed by atoms with E-state index in [1.807, 2.05) is 0 Å². The van der Waals surface area contributed by atoms with Crippen molar-refractivity contribution in [3.8, 4) is 5.75 Å². The van der Waals surface area contributed by atoms with E-state index in [-0.39, 0.29) is 62.9 Å². The largest absolute Gasteiger partial charge is 0.508 e. The number of guanidine groups is 2. The third-order valence-electron chi connectivity index (χ3n) is 10.5. The Hall–Kier alpha value is -7.82. The van der Waals surface area contributed by atoms with E-state index in [0.717, 1.165) is 0 Å². The van der Waals surface area contributed by atoms with Gasteiger partial charge in [-0.3, -0.25) is 53.1 Å². The molecular weight excluding hydrogens is 949 g/mol. The maximum absolute atomic E-state index is 14.0. The fourth-order valence-corrected chi connectivity index (χ4v) is 6.52. The molecule has 0 aliphatic rings. The SMILES string of the molecule is CC(C)[C@H](NC(=O)[C@H](CCCN=C(N)N)NC(=O)CN)C(=O)N[C@@H](CCCN=C(N)N)C(=O)N[C@H](C(=O)N[C@H](CC(N)=O)C(=O)N[C@@H](CO)C(=O)N[C@@H](C)C(=O)N[C@@H](Cc1ccc(O)cc1)C(=O)O)C(C)C. The minimum absolute atomic E-state index is 0.0128. The number of carboxylic acid groups (broad SMARTS) is 1. The molecule has 0 aliphatic carbocycles. The number of nitrogens with two attached hydrogens (primary N) is 6. The minimum Gasteiger partial charge on any atom is -0.508 e. The van der Waals surface area contributed by atoms with Gasteiger partial charge in [0.05, 0.1) is 19.6 Å². The van der Waals surface area contributed by atoms with Crippen molar-refractivity contribution in [2.45, 2.75) is 121 Å². The van der Waals surface area contributed by atoms with Crippen LogP contribution in [-0.4, -0.2) is 161 Å². The summed E-state index contributed by atoms with van der Waals surface area (Å²) < 4.78 is 0. The number of aliphatic imine (C=N–C) groups is 2. The molecule has 0 spiro atoms. The van der Waals surface area contributed by atoms with E-state index >= 15 is 0 Å². The number of hydrogen-bond donors (Lipinski definition) is 17. The van der Waals surface area contributed by atoms with Crippen molar-refractivity contribution in [1.82, 2.24) is 42.5 Å². The van der Waals surface area contributed by atoms with Crippen LogP contribution >= 0.6 is 0 Å². The summed E-state index contributed by atoms with van der Waals surface area (Å²) in [6.45, 7) is 6.11. The number of aliphatic hydroxyl groups excluding tert-OH is 1. The number of amides is 9. The monoisotopic (exact) mass is 1020 g/mol. The Morgan fingerprint density at radius 2 is 0.958 bits per heavy atom. The number of aromatic hydroxyl groups is 1. The first-order valence-corrected chi connectivity index (χ1v) is 22.8. The highest BCUT2D eigenvalue weighted by Crippen LogP contribution is 2.13. The zero-order valence-corrected chi connectivity index (χ0v) is 40.9. The van der Waals surface area contributed by atoms with E-state index < -0.39 is 139 Å². The summed E-state index contributed by atoms with van der Waals surface area (Å²) in [5.41, 5.74) is 32.9. The Bertz CT molecular complexity index is 2100. The van der Waals surface area contributed by atoms with Crippen LogP contribution in [0.2, 0.25) is 0 Å².